The summed E-state index contributed by atoms with van der Waals surface area (Å²) >= 11 is 0. The van der Waals surface area contributed by atoms with Crippen molar-refractivity contribution >= 4 is 53.3 Å². The molecule has 1 aliphatic rings. The Morgan fingerprint density at radius 2 is 1.35 bits per heavy atom. The fraction of sp³-hybridized carbons (Fsp3) is 0.184. The topological polar surface area (TPSA) is 139 Å². The highest BCUT2D eigenvalue weighted by atomic mass is 32.2. The Hall–Kier alpha value is -5.37. The average Bonchev–Trinajstić information content (AvgIpc) is 3.14. The van der Waals surface area contributed by atoms with Crippen LogP contribution in [0.4, 0.5) is 5.69 Å². The zero-order valence-corrected chi connectivity index (χ0v) is 29.3. The number of carbonyl (C=O) groups excluding carboxylic acids is 1. The number of aryl methyl sites for hydroxylation is 1. The monoisotopic (exact) mass is 721 g/mol. The number of hydrogen-bond acceptors (Lipinski definition) is 9. The van der Waals surface area contributed by atoms with Crippen molar-refractivity contribution in [3.05, 3.63) is 133 Å². The SMILES string of the molecule is Cc1ccccc1N1CCN(C(=O)[C@H](Cc2ccc(OS(=O)(=O)c3cccc4cnccc34)cc2)NS(=O)(=O)c2cccc3cnccc23)CC1. The predicted molar refractivity (Wildman–Crippen MR) is 196 cm³/mol. The molecule has 0 spiro atoms. The van der Waals surface area contributed by atoms with Crippen LogP contribution < -0.4 is 13.8 Å². The molecule has 4 aromatic carbocycles. The minimum atomic E-state index is -4.19. The quantitative estimate of drug-likeness (QED) is 0.192. The molecule has 0 aliphatic carbocycles. The van der Waals surface area contributed by atoms with Gasteiger partial charge in [-0.05, 0) is 66.9 Å². The summed E-state index contributed by atoms with van der Waals surface area (Å²) in [7, 11) is -8.37. The summed E-state index contributed by atoms with van der Waals surface area (Å²) in [5.41, 5.74) is 2.86. The van der Waals surface area contributed by atoms with Crippen LogP contribution in [0.3, 0.4) is 0 Å². The minimum Gasteiger partial charge on any atom is -0.379 e. The van der Waals surface area contributed by atoms with E-state index in [1.807, 2.05) is 25.1 Å². The van der Waals surface area contributed by atoms with Gasteiger partial charge >= 0.3 is 10.1 Å². The number of para-hydroxylation sites is 1. The van der Waals surface area contributed by atoms with Crippen molar-refractivity contribution in [1.82, 2.24) is 19.6 Å². The van der Waals surface area contributed by atoms with Crippen molar-refractivity contribution in [2.75, 3.05) is 31.1 Å². The van der Waals surface area contributed by atoms with E-state index in [-0.39, 0.29) is 27.9 Å². The number of sulfonamides is 1. The molecule has 0 saturated carbocycles. The van der Waals surface area contributed by atoms with E-state index < -0.39 is 26.2 Å². The van der Waals surface area contributed by atoms with Gasteiger partial charge in [0, 0.05) is 78.2 Å². The second kappa shape index (κ2) is 14.1. The molecule has 13 heteroatoms. The van der Waals surface area contributed by atoms with E-state index >= 15 is 0 Å². The van der Waals surface area contributed by atoms with Crippen LogP contribution in [0.15, 0.2) is 132 Å². The lowest BCUT2D eigenvalue weighted by Crippen LogP contribution is -2.55. The van der Waals surface area contributed by atoms with Crippen molar-refractivity contribution in [1.29, 1.82) is 0 Å². The highest BCUT2D eigenvalue weighted by Crippen LogP contribution is 2.27. The molecule has 6 aromatic rings. The first-order chi connectivity index (χ1) is 24.6. The summed E-state index contributed by atoms with van der Waals surface area (Å²) in [6.07, 6.45) is 6.23. The molecule has 51 heavy (non-hydrogen) atoms. The van der Waals surface area contributed by atoms with Gasteiger partial charge in [0.2, 0.25) is 15.9 Å². The third-order valence-corrected chi connectivity index (χ3v) is 11.9. The van der Waals surface area contributed by atoms with Crippen molar-refractivity contribution in [3.63, 3.8) is 0 Å². The number of aromatic nitrogens is 2. The van der Waals surface area contributed by atoms with Crippen LogP contribution in [-0.2, 0) is 31.4 Å². The Morgan fingerprint density at radius 3 is 2.00 bits per heavy atom. The molecule has 260 valence electrons. The Kier molecular flexibility index (Phi) is 9.42. The highest BCUT2D eigenvalue weighted by Gasteiger charge is 2.32. The molecule has 1 saturated heterocycles. The zero-order valence-electron chi connectivity index (χ0n) is 27.7. The standard InChI is InChI=1S/C38H35N5O6S2/c1-27-6-2-3-9-35(27)42-20-22-43(23-21-42)38(44)34(41-50(45,46)36-10-4-7-29-25-39-18-16-32(29)36)24-28-12-14-31(15-13-28)49-51(47,48)37-11-5-8-30-26-40-19-17-33(30)37/h2-19,25-26,34,41H,20-24H2,1H3/t34-/m0/s1. The predicted octanol–water partition coefficient (Wildman–Crippen LogP) is 5.10. The third kappa shape index (κ3) is 7.27. The summed E-state index contributed by atoms with van der Waals surface area (Å²) in [4.78, 5) is 26.3. The molecule has 1 atom stereocenters. The first-order valence-corrected chi connectivity index (χ1v) is 19.3. The number of anilines is 1. The van der Waals surface area contributed by atoms with Gasteiger partial charge in [0.05, 0.1) is 4.90 Å². The summed E-state index contributed by atoms with van der Waals surface area (Å²) in [5.74, 6) is -0.275. The molecule has 1 aliphatic heterocycles. The lowest BCUT2D eigenvalue weighted by atomic mass is 10.0. The maximum atomic E-state index is 14.2. The Balaban J connectivity index is 1.13. The second-order valence-electron chi connectivity index (χ2n) is 12.4. The summed E-state index contributed by atoms with van der Waals surface area (Å²) < 4.78 is 62.7. The van der Waals surface area contributed by atoms with E-state index in [0.29, 0.717) is 53.3 Å². The molecule has 3 heterocycles. The Morgan fingerprint density at radius 1 is 0.745 bits per heavy atom. The number of amides is 1. The van der Waals surface area contributed by atoms with Crippen LogP contribution in [0.1, 0.15) is 11.1 Å². The molecule has 0 bridgehead atoms. The molecular weight excluding hydrogens is 687 g/mol. The van der Waals surface area contributed by atoms with Crippen molar-refractivity contribution in [2.24, 2.45) is 0 Å². The Labute approximate surface area is 296 Å². The maximum absolute atomic E-state index is 14.2. The lowest BCUT2D eigenvalue weighted by molar-refractivity contribution is -0.133. The van der Waals surface area contributed by atoms with Gasteiger partial charge in [0.25, 0.3) is 0 Å². The number of fused-ring (bicyclic) bond motifs is 2. The van der Waals surface area contributed by atoms with Gasteiger partial charge in [-0.15, -0.1) is 0 Å². The number of hydrogen-bond donors (Lipinski definition) is 1. The zero-order chi connectivity index (χ0) is 35.6. The van der Waals surface area contributed by atoms with Crippen LogP contribution in [0.5, 0.6) is 5.75 Å². The average molecular weight is 722 g/mol. The summed E-state index contributed by atoms with van der Waals surface area (Å²) in [5, 5.41) is 2.29. The number of nitrogens with zero attached hydrogens (tertiary/aromatic N) is 4. The van der Waals surface area contributed by atoms with E-state index in [2.05, 4.69) is 25.7 Å². The van der Waals surface area contributed by atoms with Crippen molar-refractivity contribution in [3.8, 4) is 5.75 Å². The number of pyridine rings is 2. The van der Waals surface area contributed by atoms with E-state index in [9.17, 15) is 21.6 Å². The van der Waals surface area contributed by atoms with E-state index in [4.69, 9.17) is 4.18 Å². The minimum absolute atomic E-state index is 0.0123. The lowest BCUT2D eigenvalue weighted by Gasteiger charge is -2.38. The Bertz CT molecular complexity index is 2440. The van der Waals surface area contributed by atoms with Crippen molar-refractivity contribution in [2.45, 2.75) is 29.2 Å². The highest BCUT2D eigenvalue weighted by molar-refractivity contribution is 7.89. The number of rotatable bonds is 10. The van der Waals surface area contributed by atoms with E-state index in [0.717, 1.165) is 11.3 Å². The molecule has 1 N–H and O–H groups in total. The molecule has 1 fully saturated rings. The molecule has 7 rings (SSSR count). The van der Waals surface area contributed by atoms with E-state index in [1.165, 1.54) is 36.7 Å². The number of nitrogens with one attached hydrogen (secondary N) is 1. The van der Waals surface area contributed by atoms with Gasteiger partial charge in [-0.2, -0.15) is 13.1 Å². The van der Waals surface area contributed by atoms with Gasteiger partial charge in [-0.1, -0.05) is 54.6 Å². The first-order valence-electron chi connectivity index (χ1n) is 16.4. The molecule has 11 nitrogen and oxygen atoms in total. The third-order valence-electron chi connectivity index (χ3n) is 9.05. The van der Waals surface area contributed by atoms with Gasteiger partial charge in [-0.3, -0.25) is 14.8 Å². The van der Waals surface area contributed by atoms with Crippen LogP contribution in [0, 0.1) is 6.92 Å². The van der Waals surface area contributed by atoms with Crippen LogP contribution >= 0.6 is 0 Å². The molecular formula is C38H35N5O6S2. The largest absolute Gasteiger partial charge is 0.379 e. The second-order valence-corrected chi connectivity index (χ2v) is 15.6. The van der Waals surface area contributed by atoms with Gasteiger partial charge < -0.3 is 14.0 Å². The van der Waals surface area contributed by atoms with Crippen LogP contribution in [0.2, 0.25) is 0 Å². The molecule has 0 unspecified atom stereocenters. The van der Waals surface area contributed by atoms with Crippen LogP contribution in [-0.4, -0.2) is 69.8 Å². The normalized spacial score (nSPS) is 14.5. The molecule has 0 radical (unpaired) electrons. The number of carbonyl (C=O) groups is 1. The van der Waals surface area contributed by atoms with Crippen molar-refractivity contribution < 1.29 is 25.8 Å². The van der Waals surface area contributed by atoms with E-state index in [1.54, 1.807) is 65.8 Å². The number of benzene rings is 4. The van der Waals surface area contributed by atoms with Gasteiger partial charge in [0.15, 0.2) is 0 Å². The summed E-state index contributed by atoms with van der Waals surface area (Å²) in [6.45, 7) is 4.08. The maximum Gasteiger partial charge on any atom is 0.339 e. The smallest absolute Gasteiger partial charge is 0.339 e. The van der Waals surface area contributed by atoms with Crippen LogP contribution in [0.25, 0.3) is 21.5 Å². The van der Waals surface area contributed by atoms with Gasteiger partial charge in [-0.25, -0.2) is 8.42 Å². The summed E-state index contributed by atoms with van der Waals surface area (Å²) in [6, 6.07) is 26.2. The molecule has 2 aromatic heterocycles. The number of piperazine rings is 1. The first kappa shape index (κ1) is 34.1. The fourth-order valence-corrected chi connectivity index (χ4v) is 9.04. The van der Waals surface area contributed by atoms with Gasteiger partial charge in [0.1, 0.15) is 16.7 Å². The fourth-order valence-electron chi connectivity index (χ4n) is 6.46. The molecule has 1 amide bonds.